The van der Waals surface area contributed by atoms with E-state index in [4.69, 9.17) is 14.2 Å². The van der Waals surface area contributed by atoms with Gasteiger partial charge in [-0.15, -0.1) is 0 Å². The molecular weight excluding hydrogens is 334 g/mol. The van der Waals surface area contributed by atoms with E-state index in [1.165, 1.54) is 12.0 Å². The molecule has 138 valence electrons. The number of methoxy groups -OCH3 is 1. The number of rotatable bonds is 8. The molecule has 2 aromatic rings. The maximum Gasteiger partial charge on any atom is 0.338 e. The molecule has 0 radical (unpaired) electrons. The van der Waals surface area contributed by atoms with Gasteiger partial charge in [-0.2, -0.15) is 0 Å². The second kappa shape index (κ2) is 9.46. The lowest BCUT2D eigenvalue weighted by molar-refractivity contribution is -0.133. The van der Waals surface area contributed by atoms with Crippen LogP contribution in [0.25, 0.3) is 0 Å². The summed E-state index contributed by atoms with van der Waals surface area (Å²) in [6, 6.07) is 14.3. The Morgan fingerprint density at radius 3 is 2.42 bits per heavy atom. The Kier molecular flexibility index (Phi) is 7.02. The summed E-state index contributed by atoms with van der Waals surface area (Å²) in [5.41, 5.74) is 1.30. The van der Waals surface area contributed by atoms with Crippen LogP contribution in [0.5, 0.6) is 11.5 Å². The lowest BCUT2D eigenvalue weighted by atomic mass is 10.2. The maximum absolute atomic E-state index is 12.2. The van der Waals surface area contributed by atoms with E-state index in [2.05, 4.69) is 0 Å². The van der Waals surface area contributed by atoms with Crippen molar-refractivity contribution in [1.82, 2.24) is 4.90 Å². The SMILES string of the molecule is CCOc1cc(C(=O)OCC(=O)N(C)Cc2ccccc2)ccc1OC. The van der Waals surface area contributed by atoms with E-state index < -0.39 is 5.97 Å². The predicted molar refractivity (Wildman–Crippen MR) is 97.4 cm³/mol. The van der Waals surface area contributed by atoms with Gasteiger partial charge in [-0.05, 0) is 30.7 Å². The fourth-order valence-corrected chi connectivity index (χ4v) is 2.34. The van der Waals surface area contributed by atoms with Crippen molar-refractivity contribution in [3.63, 3.8) is 0 Å². The molecule has 0 heterocycles. The van der Waals surface area contributed by atoms with Crippen LogP contribution in [0, 0.1) is 0 Å². The highest BCUT2D eigenvalue weighted by molar-refractivity contribution is 5.92. The molecule has 6 nitrogen and oxygen atoms in total. The van der Waals surface area contributed by atoms with Crippen molar-refractivity contribution in [2.24, 2.45) is 0 Å². The molecule has 0 saturated heterocycles. The van der Waals surface area contributed by atoms with Crippen LogP contribution in [0.2, 0.25) is 0 Å². The molecule has 0 fully saturated rings. The zero-order valence-corrected chi connectivity index (χ0v) is 15.2. The van der Waals surface area contributed by atoms with Gasteiger partial charge in [0.1, 0.15) is 0 Å². The smallest absolute Gasteiger partial charge is 0.338 e. The number of amides is 1. The van der Waals surface area contributed by atoms with Crippen LogP contribution in [0.1, 0.15) is 22.8 Å². The van der Waals surface area contributed by atoms with E-state index in [0.717, 1.165) is 5.56 Å². The molecule has 26 heavy (non-hydrogen) atoms. The van der Waals surface area contributed by atoms with E-state index in [1.54, 1.807) is 25.2 Å². The summed E-state index contributed by atoms with van der Waals surface area (Å²) >= 11 is 0. The summed E-state index contributed by atoms with van der Waals surface area (Å²) in [4.78, 5) is 25.9. The van der Waals surface area contributed by atoms with Gasteiger partial charge in [-0.3, -0.25) is 4.79 Å². The van der Waals surface area contributed by atoms with Gasteiger partial charge in [0.2, 0.25) is 0 Å². The third-order valence-corrected chi connectivity index (χ3v) is 3.71. The predicted octanol–water partition coefficient (Wildman–Crippen LogP) is 2.91. The van der Waals surface area contributed by atoms with Crippen molar-refractivity contribution >= 4 is 11.9 Å². The lowest BCUT2D eigenvalue weighted by Gasteiger charge is -2.17. The molecule has 6 heteroatoms. The van der Waals surface area contributed by atoms with Crippen molar-refractivity contribution in [3.8, 4) is 11.5 Å². The Morgan fingerprint density at radius 2 is 1.77 bits per heavy atom. The molecule has 2 aromatic carbocycles. The van der Waals surface area contributed by atoms with Gasteiger partial charge >= 0.3 is 5.97 Å². The summed E-state index contributed by atoms with van der Waals surface area (Å²) < 4.78 is 15.8. The highest BCUT2D eigenvalue weighted by Gasteiger charge is 2.16. The van der Waals surface area contributed by atoms with Gasteiger partial charge in [-0.25, -0.2) is 4.79 Å². The number of likely N-dealkylation sites (N-methyl/N-ethyl adjacent to an activating group) is 1. The van der Waals surface area contributed by atoms with Crippen LogP contribution in [-0.4, -0.2) is 44.1 Å². The molecule has 0 spiro atoms. The fraction of sp³-hybridized carbons (Fsp3) is 0.300. The zero-order valence-electron chi connectivity index (χ0n) is 15.2. The highest BCUT2D eigenvalue weighted by atomic mass is 16.5. The van der Waals surface area contributed by atoms with Crippen molar-refractivity contribution in [3.05, 3.63) is 59.7 Å². The Hall–Kier alpha value is -3.02. The van der Waals surface area contributed by atoms with Crippen LogP contribution >= 0.6 is 0 Å². The number of esters is 1. The fourth-order valence-electron chi connectivity index (χ4n) is 2.34. The average molecular weight is 357 g/mol. The molecule has 0 bridgehead atoms. The number of nitrogens with zero attached hydrogens (tertiary/aromatic N) is 1. The first-order valence-corrected chi connectivity index (χ1v) is 8.31. The minimum atomic E-state index is -0.588. The number of hydrogen-bond acceptors (Lipinski definition) is 5. The van der Waals surface area contributed by atoms with Crippen LogP contribution in [0.4, 0.5) is 0 Å². The summed E-state index contributed by atoms with van der Waals surface area (Å²) in [6.07, 6.45) is 0. The van der Waals surface area contributed by atoms with Gasteiger partial charge in [0.05, 0.1) is 19.3 Å². The second-order valence-electron chi connectivity index (χ2n) is 5.61. The third kappa shape index (κ3) is 5.24. The standard InChI is InChI=1S/C20H23NO5/c1-4-25-18-12-16(10-11-17(18)24-3)20(23)26-14-19(22)21(2)13-15-8-6-5-7-9-15/h5-12H,4,13-14H2,1-3H3. The minimum absolute atomic E-state index is 0.277. The van der Waals surface area contributed by atoms with Gasteiger partial charge < -0.3 is 19.1 Å². The molecule has 1 amide bonds. The van der Waals surface area contributed by atoms with E-state index >= 15 is 0 Å². The molecule has 0 aliphatic rings. The van der Waals surface area contributed by atoms with Gasteiger partial charge in [-0.1, -0.05) is 30.3 Å². The summed E-state index contributed by atoms with van der Waals surface area (Å²) in [5, 5.41) is 0. The van der Waals surface area contributed by atoms with Crippen LogP contribution in [-0.2, 0) is 16.1 Å². The van der Waals surface area contributed by atoms with Gasteiger partial charge in [0.15, 0.2) is 18.1 Å². The maximum atomic E-state index is 12.2. The lowest BCUT2D eigenvalue weighted by Crippen LogP contribution is -2.30. The van der Waals surface area contributed by atoms with Gasteiger partial charge in [0.25, 0.3) is 5.91 Å². The molecule has 0 saturated carbocycles. The molecule has 0 aliphatic heterocycles. The topological polar surface area (TPSA) is 65.1 Å². The van der Waals surface area contributed by atoms with Crippen LogP contribution in [0.15, 0.2) is 48.5 Å². The normalized spacial score (nSPS) is 10.1. The molecule has 0 atom stereocenters. The average Bonchev–Trinajstić information content (AvgIpc) is 2.66. The number of carbonyl (C=O) groups excluding carboxylic acids is 2. The number of benzene rings is 2. The van der Waals surface area contributed by atoms with Crippen molar-refractivity contribution < 1.29 is 23.8 Å². The molecule has 0 N–H and O–H groups in total. The third-order valence-electron chi connectivity index (χ3n) is 3.71. The summed E-state index contributed by atoms with van der Waals surface area (Å²) in [6.45, 7) is 2.41. The zero-order chi connectivity index (χ0) is 18.9. The number of hydrogen-bond donors (Lipinski definition) is 0. The van der Waals surface area contributed by atoms with Crippen LogP contribution < -0.4 is 9.47 Å². The monoisotopic (exact) mass is 357 g/mol. The number of carbonyl (C=O) groups is 2. The number of ether oxygens (including phenoxy) is 3. The van der Waals surface area contributed by atoms with E-state index in [-0.39, 0.29) is 12.5 Å². The van der Waals surface area contributed by atoms with Crippen molar-refractivity contribution in [1.29, 1.82) is 0 Å². The Bertz CT molecular complexity index is 745. The summed E-state index contributed by atoms with van der Waals surface area (Å²) in [5.74, 6) is 0.120. The largest absolute Gasteiger partial charge is 0.493 e. The Balaban J connectivity index is 1.93. The first kappa shape index (κ1) is 19.3. The molecule has 0 aromatic heterocycles. The highest BCUT2D eigenvalue weighted by Crippen LogP contribution is 2.28. The molecular formula is C20H23NO5. The molecule has 0 unspecified atom stereocenters. The quantitative estimate of drug-likeness (QED) is 0.680. The molecule has 2 rings (SSSR count). The Labute approximate surface area is 153 Å². The minimum Gasteiger partial charge on any atom is -0.493 e. The summed E-state index contributed by atoms with van der Waals surface area (Å²) in [7, 11) is 3.20. The van der Waals surface area contributed by atoms with Gasteiger partial charge in [0, 0.05) is 13.6 Å². The molecule has 0 aliphatic carbocycles. The van der Waals surface area contributed by atoms with E-state index in [1.807, 2.05) is 37.3 Å². The van der Waals surface area contributed by atoms with Crippen LogP contribution in [0.3, 0.4) is 0 Å². The second-order valence-corrected chi connectivity index (χ2v) is 5.61. The van der Waals surface area contributed by atoms with E-state index in [9.17, 15) is 9.59 Å². The van der Waals surface area contributed by atoms with Crippen molar-refractivity contribution in [2.75, 3.05) is 27.4 Å². The Morgan fingerprint density at radius 1 is 1.04 bits per heavy atom. The first-order chi connectivity index (χ1) is 12.5. The first-order valence-electron chi connectivity index (χ1n) is 8.31. The van der Waals surface area contributed by atoms with E-state index in [0.29, 0.717) is 30.2 Å². The van der Waals surface area contributed by atoms with Crippen molar-refractivity contribution in [2.45, 2.75) is 13.5 Å².